The molecule has 1 heterocycles. The molecular formula is C14H14FNO3. The normalized spacial score (nSPS) is 12.3. The summed E-state index contributed by atoms with van der Waals surface area (Å²) >= 11 is 0. The van der Waals surface area contributed by atoms with Gasteiger partial charge < -0.3 is 9.52 Å². The van der Waals surface area contributed by atoms with Crippen LogP contribution < -0.4 is 5.32 Å². The minimum absolute atomic E-state index is 0.280. The maximum Gasteiger partial charge on any atom is 0.320 e. The van der Waals surface area contributed by atoms with Gasteiger partial charge in [0.25, 0.3) is 0 Å². The molecule has 0 bridgehead atoms. The maximum absolute atomic E-state index is 13.6. The number of aliphatic carboxylic acids is 1. The lowest BCUT2D eigenvalue weighted by atomic mass is 10.1. The number of nitrogens with one attached hydrogen (secondary N) is 1. The van der Waals surface area contributed by atoms with Gasteiger partial charge in [-0.2, -0.15) is 0 Å². The minimum atomic E-state index is -0.930. The van der Waals surface area contributed by atoms with Crippen LogP contribution in [0.4, 0.5) is 4.39 Å². The van der Waals surface area contributed by atoms with Gasteiger partial charge in [-0.05, 0) is 31.2 Å². The van der Waals surface area contributed by atoms with E-state index in [2.05, 4.69) is 5.32 Å². The van der Waals surface area contributed by atoms with E-state index in [1.165, 1.54) is 6.07 Å². The van der Waals surface area contributed by atoms with Crippen LogP contribution in [0.2, 0.25) is 0 Å². The summed E-state index contributed by atoms with van der Waals surface area (Å²) in [5.41, 5.74) is 0.389. The second kappa shape index (κ2) is 5.67. The predicted octanol–water partition coefficient (Wildman–Crippen LogP) is 2.65. The predicted molar refractivity (Wildman–Crippen MR) is 68.0 cm³/mol. The van der Waals surface area contributed by atoms with E-state index in [0.29, 0.717) is 17.1 Å². The van der Waals surface area contributed by atoms with Gasteiger partial charge in [-0.1, -0.05) is 12.1 Å². The van der Waals surface area contributed by atoms with Crippen LogP contribution in [0.25, 0.3) is 11.3 Å². The van der Waals surface area contributed by atoms with E-state index in [9.17, 15) is 9.18 Å². The Labute approximate surface area is 109 Å². The Balaban J connectivity index is 2.08. The summed E-state index contributed by atoms with van der Waals surface area (Å²) in [5.74, 6) is -0.291. The molecule has 1 aromatic heterocycles. The van der Waals surface area contributed by atoms with Gasteiger partial charge >= 0.3 is 5.97 Å². The van der Waals surface area contributed by atoms with Crippen LogP contribution in [0.1, 0.15) is 12.7 Å². The maximum atomic E-state index is 13.6. The zero-order valence-corrected chi connectivity index (χ0v) is 10.4. The Morgan fingerprint density at radius 2 is 2.11 bits per heavy atom. The summed E-state index contributed by atoms with van der Waals surface area (Å²) < 4.78 is 19.0. The first-order valence-electron chi connectivity index (χ1n) is 5.87. The first-order valence-corrected chi connectivity index (χ1v) is 5.87. The number of carbonyl (C=O) groups is 1. The summed E-state index contributed by atoms with van der Waals surface area (Å²) in [6.45, 7) is 1.82. The number of hydrogen-bond donors (Lipinski definition) is 2. The van der Waals surface area contributed by atoms with Gasteiger partial charge in [0.2, 0.25) is 0 Å². The van der Waals surface area contributed by atoms with Crippen molar-refractivity contribution in [3.8, 4) is 11.3 Å². The van der Waals surface area contributed by atoms with Crippen LogP contribution in [0, 0.1) is 5.82 Å². The molecule has 0 aliphatic carbocycles. The lowest BCUT2D eigenvalue weighted by molar-refractivity contribution is -0.139. The fraction of sp³-hybridized carbons (Fsp3) is 0.214. The largest absolute Gasteiger partial charge is 0.480 e. The van der Waals surface area contributed by atoms with Crippen molar-refractivity contribution >= 4 is 5.97 Å². The second-order valence-corrected chi connectivity index (χ2v) is 4.19. The SMILES string of the molecule is C[C@@H](NCc1ccc(-c2ccccc2F)o1)C(=O)O. The third-order valence-corrected chi connectivity index (χ3v) is 2.75. The van der Waals surface area contributed by atoms with E-state index >= 15 is 0 Å². The Morgan fingerprint density at radius 1 is 1.37 bits per heavy atom. The lowest BCUT2D eigenvalue weighted by Gasteiger charge is -2.06. The standard InChI is InChI=1S/C14H14FNO3/c1-9(14(17)18)16-8-10-6-7-13(19-10)11-4-2-3-5-12(11)15/h2-7,9,16H,8H2,1H3,(H,17,18)/t9-/m1/s1. The van der Waals surface area contributed by atoms with Crippen molar-refractivity contribution in [2.75, 3.05) is 0 Å². The quantitative estimate of drug-likeness (QED) is 0.870. The first-order chi connectivity index (χ1) is 9.08. The highest BCUT2D eigenvalue weighted by Gasteiger charge is 2.12. The average Bonchev–Trinajstić information content (AvgIpc) is 2.85. The van der Waals surface area contributed by atoms with Crippen molar-refractivity contribution in [1.29, 1.82) is 0 Å². The van der Waals surface area contributed by atoms with Crippen molar-refractivity contribution in [3.63, 3.8) is 0 Å². The number of furan rings is 1. The highest BCUT2D eigenvalue weighted by Crippen LogP contribution is 2.24. The number of carboxylic acid groups (broad SMARTS) is 1. The monoisotopic (exact) mass is 263 g/mol. The van der Waals surface area contributed by atoms with Gasteiger partial charge in [0.1, 0.15) is 23.4 Å². The Hall–Kier alpha value is -2.14. The molecule has 0 saturated carbocycles. The van der Waals surface area contributed by atoms with Gasteiger partial charge in [-0.15, -0.1) is 0 Å². The summed E-state index contributed by atoms with van der Waals surface area (Å²) in [4.78, 5) is 10.6. The molecular weight excluding hydrogens is 249 g/mol. The van der Waals surface area contributed by atoms with Crippen LogP contribution >= 0.6 is 0 Å². The number of rotatable bonds is 5. The molecule has 0 aliphatic rings. The zero-order chi connectivity index (χ0) is 13.8. The molecule has 2 N–H and O–H groups in total. The number of benzene rings is 1. The Morgan fingerprint density at radius 3 is 2.79 bits per heavy atom. The Bertz CT molecular complexity index is 580. The first kappa shape index (κ1) is 13.3. The van der Waals surface area contributed by atoms with Gasteiger partial charge in [0.15, 0.2) is 0 Å². The van der Waals surface area contributed by atoms with E-state index in [1.54, 1.807) is 37.3 Å². The fourth-order valence-electron chi connectivity index (χ4n) is 1.62. The molecule has 100 valence electrons. The van der Waals surface area contributed by atoms with Crippen LogP contribution in [-0.4, -0.2) is 17.1 Å². The molecule has 2 aromatic rings. The summed E-state index contributed by atoms with van der Waals surface area (Å²) in [7, 11) is 0. The Kier molecular flexibility index (Phi) is 3.97. The molecule has 4 nitrogen and oxygen atoms in total. The molecule has 0 aliphatic heterocycles. The van der Waals surface area contributed by atoms with E-state index in [0.717, 1.165) is 0 Å². The van der Waals surface area contributed by atoms with Crippen molar-refractivity contribution in [1.82, 2.24) is 5.32 Å². The van der Waals surface area contributed by atoms with E-state index < -0.39 is 12.0 Å². The third kappa shape index (κ3) is 3.20. The highest BCUT2D eigenvalue weighted by molar-refractivity contribution is 5.72. The molecule has 0 spiro atoms. The third-order valence-electron chi connectivity index (χ3n) is 2.75. The van der Waals surface area contributed by atoms with Crippen molar-refractivity contribution in [3.05, 3.63) is 48.0 Å². The topological polar surface area (TPSA) is 62.5 Å². The zero-order valence-electron chi connectivity index (χ0n) is 10.4. The molecule has 0 saturated heterocycles. The summed E-state index contributed by atoms with van der Waals surface area (Å²) in [6, 6.07) is 9.03. The van der Waals surface area contributed by atoms with Gasteiger partial charge in [0, 0.05) is 0 Å². The smallest absolute Gasteiger partial charge is 0.320 e. The molecule has 1 atom stereocenters. The molecule has 0 unspecified atom stereocenters. The molecule has 0 radical (unpaired) electrons. The molecule has 5 heteroatoms. The molecule has 0 fully saturated rings. The van der Waals surface area contributed by atoms with Gasteiger partial charge in [-0.25, -0.2) is 4.39 Å². The molecule has 2 rings (SSSR count). The van der Waals surface area contributed by atoms with Crippen molar-refractivity contribution in [2.24, 2.45) is 0 Å². The van der Waals surface area contributed by atoms with Crippen LogP contribution in [0.5, 0.6) is 0 Å². The van der Waals surface area contributed by atoms with Crippen molar-refractivity contribution < 1.29 is 18.7 Å². The lowest BCUT2D eigenvalue weighted by Crippen LogP contribution is -2.32. The summed E-state index contributed by atoms with van der Waals surface area (Å²) in [5, 5.41) is 11.5. The van der Waals surface area contributed by atoms with Crippen LogP contribution in [0.3, 0.4) is 0 Å². The van der Waals surface area contributed by atoms with Gasteiger partial charge in [0.05, 0.1) is 12.1 Å². The number of hydrogen-bond acceptors (Lipinski definition) is 3. The average molecular weight is 263 g/mol. The van der Waals surface area contributed by atoms with Crippen molar-refractivity contribution in [2.45, 2.75) is 19.5 Å². The van der Waals surface area contributed by atoms with E-state index in [1.807, 2.05) is 0 Å². The fourth-order valence-corrected chi connectivity index (χ4v) is 1.62. The number of carboxylic acids is 1. The molecule has 1 aromatic carbocycles. The number of halogens is 1. The van der Waals surface area contributed by atoms with E-state index in [4.69, 9.17) is 9.52 Å². The highest BCUT2D eigenvalue weighted by atomic mass is 19.1. The molecule has 19 heavy (non-hydrogen) atoms. The minimum Gasteiger partial charge on any atom is -0.480 e. The molecule has 0 amide bonds. The summed E-state index contributed by atoms with van der Waals surface area (Å²) in [6.07, 6.45) is 0. The van der Waals surface area contributed by atoms with Crippen LogP contribution in [-0.2, 0) is 11.3 Å². The van der Waals surface area contributed by atoms with Gasteiger partial charge in [-0.3, -0.25) is 10.1 Å². The van der Waals surface area contributed by atoms with E-state index in [-0.39, 0.29) is 12.4 Å². The second-order valence-electron chi connectivity index (χ2n) is 4.19. The van der Waals surface area contributed by atoms with Crippen LogP contribution in [0.15, 0.2) is 40.8 Å².